The highest BCUT2D eigenvalue weighted by molar-refractivity contribution is 6.09. The molecule has 0 heterocycles. The summed E-state index contributed by atoms with van der Waals surface area (Å²) in [5.74, 6) is 0.145. The van der Waals surface area contributed by atoms with Gasteiger partial charge in [-0.1, -0.05) is 86.7 Å². The Morgan fingerprint density at radius 1 is 0.742 bits per heavy atom. The molecule has 0 spiro atoms. The van der Waals surface area contributed by atoms with Crippen molar-refractivity contribution in [3.8, 4) is 0 Å². The maximum Gasteiger partial charge on any atom is 0.150 e. The highest BCUT2D eigenvalue weighted by Gasteiger charge is 2.52. The van der Waals surface area contributed by atoms with Crippen LogP contribution in [-0.4, -0.2) is 11.6 Å². The fourth-order valence-corrected chi connectivity index (χ4v) is 4.19. The maximum absolute atomic E-state index is 12.4. The first-order chi connectivity index (χ1) is 14.6. The molecule has 3 nitrogen and oxygen atoms in total. The standard InChI is InChI=1S/C27H36N2O.ClH/c28-26(29)27(19-20-27)25(30)21-24-17-15-23(16-18-24)14-8-5-3-1-2-4-7-11-22-12-9-6-10-13-22;/h6,9-10,12-13,15-18H,1-5,7-8,11,14,19-21H2,(H3,28,29);1H. The molecular formula is C27H37ClN2O. The quantitative estimate of drug-likeness (QED) is 0.201. The Bertz CT molecular complexity index is 813. The number of aryl methyl sites for hydroxylation is 2. The summed E-state index contributed by atoms with van der Waals surface area (Å²) in [6.07, 6.45) is 13.4. The molecule has 3 N–H and O–H groups in total. The van der Waals surface area contributed by atoms with Gasteiger partial charge in [0.25, 0.3) is 0 Å². The lowest BCUT2D eigenvalue weighted by molar-refractivity contribution is -0.121. The van der Waals surface area contributed by atoms with Crippen molar-refractivity contribution < 1.29 is 4.79 Å². The Morgan fingerprint density at radius 3 is 1.68 bits per heavy atom. The molecule has 0 unspecified atom stereocenters. The predicted octanol–water partition coefficient (Wildman–Crippen LogP) is 6.45. The van der Waals surface area contributed by atoms with Crippen LogP contribution < -0.4 is 5.73 Å². The molecule has 1 aliphatic rings. The molecule has 0 aliphatic heterocycles. The van der Waals surface area contributed by atoms with Gasteiger partial charge in [0.2, 0.25) is 0 Å². The molecule has 4 heteroatoms. The van der Waals surface area contributed by atoms with Crippen LogP contribution in [-0.2, 0) is 24.1 Å². The Labute approximate surface area is 193 Å². The van der Waals surface area contributed by atoms with Gasteiger partial charge in [0, 0.05) is 6.42 Å². The topological polar surface area (TPSA) is 66.9 Å². The number of carbonyl (C=O) groups is 1. The van der Waals surface area contributed by atoms with Crippen molar-refractivity contribution in [1.29, 1.82) is 5.41 Å². The third-order valence-electron chi connectivity index (χ3n) is 6.46. The summed E-state index contributed by atoms with van der Waals surface area (Å²) in [5.41, 5.74) is 8.81. The highest BCUT2D eigenvalue weighted by Crippen LogP contribution is 2.47. The van der Waals surface area contributed by atoms with Gasteiger partial charge in [0.05, 0.1) is 5.41 Å². The second-order valence-electron chi connectivity index (χ2n) is 8.87. The molecule has 3 rings (SSSR count). The molecule has 2 aromatic rings. The zero-order valence-corrected chi connectivity index (χ0v) is 19.4. The lowest BCUT2D eigenvalue weighted by atomic mass is 9.93. The number of carbonyl (C=O) groups excluding carboxylic acids is 1. The number of Topliss-reactive ketones (excluding diaryl/α,β-unsaturated/α-hetero) is 1. The first-order valence-corrected chi connectivity index (χ1v) is 11.6. The average molecular weight is 441 g/mol. The van der Waals surface area contributed by atoms with E-state index < -0.39 is 5.41 Å². The van der Waals surface area contributed by atoms with Crippen molar-refractivity contribution in [1.82, 2.24) is 0 Å². The summed E-state index contributed by atoms with van der Waals surface area (Å²) >= 11 is 0. The third kappa shape index (κ3) is 7.81. The van der Waals surface area contributed by atoms with Gasteiger partial charge in [-0.3, -0.25) is 10.2 Å². The minimum atomic E-state index is -0.639. The SMILES string of the molecule is Cl.N=C(N)C1(C(=O)Cc2ccc(CCCCCCCCCc3ccccc3)cc2)CC1. The Morgan fingerprint density at radius 2 is 1.19 bits per heavy atom. The zero-order valence-electron chi connectivity index (χ0n) is 18.6. The molecule has 1 fully saturated rings. The van der Waals surface area contributed by atoms with Crippen molar-refractivity contribution in [2.45, 2.75) is 77.0 Å². The van der Waals surface area contributed by atoms with Gasteiger partial charge in [0.15, 0.2) is 5.78 Å². The van der Waals surface area contributed by atoms with E-state index in [2.05, 4.69) is 54.6 Å². The van der Waals surface area contributed by atoms with Crippen LogP contribution in [0.15, 0.2) is 54.6 Å². The lowest BCUT2D eigenvalue weighted by Crippen LogP contribution is -2.32. The normalized spacial score (nSPS) is 13.9. The molecule has 1 aliphatic carbocycles. The number of halogens is 1. The summed E-state index contributed by atoms with van der Waals surface area (Å²) in [7, 11) is 0. The number of nitrogens with two attached hydrogens (primary N) is 1. The van der Waals surface area contributed by atoms with Crippen molar-refractivity contribution in [2.75, 3.05) is 0 Å². The minimum absolute atomic E-state index is 0. The summed E-state index contributed by atoms with van der Waals surface area (Å²) in [4.78, 5) is 12.4. The third-order valence-corrected chi connectivity index (χ3v) is 6.46. The van der Waals surface area contributed by atoms with Crippen molar-refractivity contribution >= 4 is 24.0 Å². The van der Waals surface area contributed by atoms with Crippen LogP contribution in [0.3, 0.4) is 0 Å². The number of nitrogens with one attached hydrogen (secondary N) is 1. The Hall–Kier alpha value is -2.13. The first-order valence-electron chi connectivity index (χ1n) is 11.6. The van der Waals surface area contributed by atoms with E-state index in [4.69, 9.17) is 11.1 Å². The molecule has 0 atom stereocenters. The van der Waals surface area contributed by atoms with Crippen molar-refractivity contribution in [2.24, 2.45) is 11.1 Å². The van der Waals surface area contributed by atoms with E-state index in [9.17, 15) is 4.79 Å². The van der Waals surface area contributed by atoms with Crippen LogP contribution >= 0.6 is 12.4 Å². The molecular weight excluding hydrogens is 404 g/mol. The van der Waals surface area contributed by atoms with Gasteiger partial charge in [-0.15, -0.1) is 12.4 Å². The van der Waals surface area contributed by atoms with E-state index in [0.717, 1.165) is 24.8 Å². The molecule has 168 valence electrons. The maximum atomic E-state index is 12.4. The lowest BCUT2D eigenvalue weighted by Gasteiger charge is -2.12. The van der Waals surface area contributed by atoms with Crippen molar-refractivity contribution in [3.63, 3.8) is 0 Å². The number of unbranched alkanes of at least 4 members (excludes halogenated alkanes) is 6. The molecule has 0 saturated heterocycles. The van der Waals surface area contributed by atoms with E-state index in [1.165, 1.54) is 62.5 Å². The van der Waals surface area contributed by atoms with Gasteiger partial charge in [-0.05, 0) is 55.2 Å². The van der Waals surface area contributed by atoms with Crippen LogP contribution in [0.2, 0.25) is 0 Å². The molecule has 31 heavy (non-hydrogen) atoms. The van der Waals surface area contributed by atoms with Crippen LogP contribution in [0.1, 0.15) is 74.5 Å². The minimum Gasteiger partial charge on any atom is -0.387 e. The summed E-state index contributed by atoms with van der Waals surface area (Å²) in [6, 6.07) is 19.2. The van der Waals surface area contributed by atoms with E-state index >= 15 is 0 Å². The largest absolute Gasteiger partial charge is 0.387 e. The number of benzene rings is 2. The molecule has 0 bridgehead atoms. The van der Waals surface area contributed by atoms with E-state index in [-0.39, 0.29) is 24.0 Å². The zero-order chi connectivity index (χ0) is 21.2. The van der Waals surface area contributed by atoms with Crippen LogP contribution in [0.4, 0.5) is 0 Å². The van der Waals surface area contributed by atoms with Crippen molar-refractivity contribution in [3.05, 3.63) is 71.3 Å². The summed E-state index contributed by atoms with van der Waals surface area (Å²) in [6.45, 7) is 0. The molecule has 0 radical (unpaired) electrons. The Kier molecular flexibility index (Phi) is 10.3. The fraction of sp³-hybridized carbons (Fsp3) is 0.481. The van der Waals surface area contributed by atoms with Crippen LogP contribution in [0, 0.1) is 10.8 Å². The van der Waals surface area contributed by atoms with E-state index in [1.807, 2.05) is 0 Å². The number of rotatable bonds is 14. The number of ketones is 1. The predicted molar refractivity (Wildman–Crippen MR) is 132 cm³/mol. The van der Waals surface area contributed by atoms with Gasteiger partial charge in [-0.25, -0.2) is 0 Å². The first kappa shape index (κ1) is 25.1. The highest BCUT2D eigenvalue weighted by atomic mass is 35.5. The van der Waals surface area contributed by atoms with E-state index in [0.29, 0.717) is 6.42 Å². The summed E-state index contributed by atoms with van der Waals surface area (Å²) < 4.78 is 0. The molecule has 0 aromatic heterocycles. The number of hydrogen-bond acceptors (Lipinski definition) is 2. The molecule has 1 saturated carbocycles. The van der Waals surface area contributed by atoms with E-state index in [1.54, 1.807) is 0 Å². The van der Waals surface area contributed by atoms with Crippen LogP contribution in [0.5, 0.6) is 0 Å². The van der Waals surface area contributed by atoms with Gasteiger partial charge >= 0.3 is 0 Å². The number of amidine groups is 1. The monoisotopic (exact) mass is 440 g/mol. The molecule has 0 amide bonds. The second-order valence-corrected chi connectivity index (χ2v) is 8.87. The van der Waals surface area contributed by atoms with Gasteiger partial charge in [-0.2, -0.15) is 0 Å². The van der Waals surface area contributed by atoms with Gasteiger partial charge in [0.1, 0.15) is 5.84 Å². The number of hydrogen-bond donors (Lipinski definition) is 2. The Balaban J connectivity index is 0.00000341. The molecule has 2 aromatic carbocycles. The van der Waals surface area contributed by atoms with Crippen LogP contribution in [0.25, 0.3) is 0 Å². The fourth-order valence-electron chi connectivity index (χ4n) is 4.19. The summed E-state index contributed by atoms with van der Waals surface area (Å²) in [5, 5.41) is 7.64. The van der Waals surface area contributed by atoms with Gasteiger partial charge < -0.3 is 5.73 Å². The second kappa shape index (κ2) is 12.7. The average Bonchev–Trinajstić information content (AvgIpc) is 3.57. The smallest absolute Gasteiger partial charge is 0.150 e.